The van der Waals surface area contributed by atoms with Crippen LogP contribution < -0.4 is 0 Å². The van der Waals surface area contributed by atoms with Gasteiger partial charge in [0.05, 0.1) is 12.2 Å². The SMILES string of the molecule is [CH2]CCCCCCCCCCCCCCCCCCCOC1CCC([O])CC1. The molecule has 2 heteroatoms. The third kappa shape index (κ3) is 16.8. The Bertz CT molecular complexity index is 297. The summed E-state index contributed by atoms with van der Waals surface area (Å²) in [6.45, 7) is 4.81. The van der Waals surface area contributed by atoms with Crippen LogP contribution in [0.15, 0.2) is 0 Å². The van der Waals surface area contributed by atoms with E-state index in [9.17, 15) is 5.11 Å². The molecule has 1 aliphatic carbocycles. The molecule has 0 atom stereocenters. The minimum absolute atomic E-state index is 0.316. The van der Waals surface area contributed by atoms with Gasteiger partial charge in [-0.05, 0) is 32.1 Å². The lowest BCUT2D eigenvalue weighted by Crippen LogP contribution is -2.23. The fraction of sp³-hybridized carbons (Fsp3) is 0.962. The second-order valence-electron chi connectivity index (χ2n) is 9.13. The molecule has 0 saturated heterocycles. The molecule has 0 aromatic heterocycles. The van der Waals surface area contributed by atoms with Crippen molar-refractivity contribution in [2.45, 2.75) is 153 Å². The van der Waals surface area contributed by atoms with Crippen molar-refractivity contribution in [1.29, 1.82) is 0 Å². The Balaban J connectivity index is 1.66. The van der Waals surface area contributed by atoms with E-state index >= 15 is 0 Å². The fourth-order valence-electron chi connectivity index (χ4n) is 4.38. The average Bonchev–Trinajstić information content (AvgIpc) is 2.71. The van der Waals surface area contributed by atoms with Gasteiger partial charge in [-0.1, -0.05) is 116 Å². The first kappa shape index (κ1) is 26.0. The Morgan fingerprint density at radius 2 is 0.893 bits per heavy atom. The van der Waals surface area contributed by atoms with Crippen molar-refractivity contribution in [2.24, 2.45) is 0 Å². The van der Waals surface area contributed by atoms with Crippen molar-refractivity contribution in [2.75, 3.05) is 6.61 Å². The summed E-state index contributed by atoms with van der Waals surface area (Å²) >= 11 is 0. The average molecular weight is 395 g/mol. The van der Waals surface area contributed by atoms with Gasteiger partial charge in [0.2, 0.25) is 0 Å². The predicted molar refractivity (Wildman–Crippen MR) is 121 cm³/mol. The van der Waals surface area contributed by atoms with Crippen molar-refractivity contribution in [3.8, 4) is 0 Å². The smallest absolute Gasteiger partial charge is 0.0932 e. The maximum absolute atomic E-state index is 11.3. The van der Waals surface area contributed by atoms with Crippen LogP contribution in [0.4, 0.5) is 0 Å². The zero-order valence-corrected chi connectivity index (χ0v) is 18.9. The highest BCUT2D eigenvalue weighted by Gasteiger charge is 2.20. The third-order valence-electron chi connectivity index (χ3n) is 6.37. The molecular formula is C26H50O2. The monoisotopic (exact) mass is 394 g/mol. The molecule has 0 unspecified atom stereocenters. The van der Waals surface area contributed by atoms with E-state index in [1.165, 1.54) is 109 Å². The van der Waals surface area contributed by atoms with Gasteiger partial charge in [0.15, 0.2) is 0 Å². The molecule has 166 valence electrons. The lowest BCUT2D eigenvalue weighted by Gasteiger charge is -2.24. The molecule has 28 heavy (non-hydrogen) atoms. The quantitative estimate of drug-likeness (QED) is 0.190. The Hall–Kier alpha value is -0.0800. The predicted octanol–water partition coefficient (Wildman–Crippen LogP) is 8.60. The van der Waals surface area contributed by atoms with Crippen LogP contribution in [0.2, 0.25) is 0 Å². The molecule has 0 N–H and O–H groups in total. The third-order valence-corrected chi connectivity index (χ3v) is 6.37. The molecular weight excluding hydrogens is 344 g/mol. The molecule has 0 bridgehead atoms. The molecule has 0 aliphatic heterocycles. The summed E-state index contributed by atoms with van der Waals surface area (Å²) in [5.41, 5.74) is 0. The van der Waals surface area contributed by atoms with Crippen LogP contribution in [0.25, 0.3) is 0 Å². The molecule has 2 nitrogen and oxygen atoms in total. The van der Waals surface area contributed by atoms with E-state index in [1.54, 1.807) is 0 Å². The Kier molecular flexibility index (Phi) is 18.7. The van der Waals surface area contributed by atoms with E-state index in [-0.39, 0.29) is 6.10 Å². The number of rotatable bonds is 20. The van der Waals surface area contributed by atoms with Crippen molar-refractivity contribution in [3.63, 3.8) is 0 Å². The maximum atomic E-state index is 11.3. The van der Waals surface area contributed by atoms with E-state index in [0.29, 0.717) is 6.10 Å². The molecule has 0 amide bonds. The molecule has 2 radical (unpaired) electrons. The van der Waals surface area contributed by atoms with E-state index in [2.05, 4.69) is 6.92 Å². The van der Waals surface area contributed by atoms with Crippen molar-refractivity contribution in [1.82, 2.24) is 0 Å². The second-order valence-corrected chi connectivity index (χ2v) is 9.13. The summed E-state index contributed by atoms with van der Waals surface area (Å²) in [6, 6.07) is 0. The lowest BCUT2D eigenvalue weighted by molar-refractivity contribution is -0.0244. The van der Waals surface area contributed by atoms with Crippen molar-refractivity contribution < 1.29 is 9.84 Å². The lowest BCUT2D eigenvalue weighted by atomic mass is 9.95. The van der Waals surface area contributed by atoms with Crippen LogP contribution in [0.3, 0.4) is 0 Å². The van der Waals surface area contributed by atoms with E-state index in [0.717, 1.165) is 38.7 Å². The van der Waals surface area contributed by atoms with Gasteiger partial charge in [0.25, 0.3) is 0 Å². The van der Waals surface area contributed by atoms with Crippen molar-refractivity contribution >= 4 is 0 Å². The Morgan fingerprint density at radius 3 is 1.29 bits per heavy atom. The summed E-state index contributed by atoms with van der Waals surface area (Å²) in [6.07, 6.45) is 28.7. The molecule has 0 aromatic rings. The highest BCUT2D eigenvalue weighted by atomic mass is 16.5. The van der Waals surface area contributed by atoms with Gasteiger partial charge in [-0.3, -0.25) is 0 Å². The molecule has 1 rings (SSSR count). The summed E-state index contributed by atoms with van der Waals surface area (Å²) < 4.78 is 5.92. The zero-order valence-electron chi connectivity index (χ0n) is 18.9. The molecule has 1 aliphatic rings. The van der Waals surface area contributed by atoms with Gasteiger partial charge in [0, 0.05) is 6.61 Å². The molecule has 0 heterocycles. The highest BCUT2D eigenvalue weighted by molar-refractivity contribution is 4.71. The van der Waals surface area contributed by atoms with Gasteiger partial charge < -0.3 is 4.74 Å². The number of unbranched alkanes of at least 4 members (excludes halogenated alkanes) is 17. The normalized spacial score (nSPS) is 19.9. The van der Waals surface area contributed by atoms with Crippen LogP contribution in [0.1, 0.15) is 141 Å². The first-order valence-corrected chi connectivity index (χ1v) is 12.9. The second kappa shape index (κ2) is 20.2. The number of hydrogen-bond acceptors (Lipinski definition) is 1. The largest absolute Gasteiger partial charge is 0.378 e. The van der Waals surface area contributed by atoms with Gasteiger partial charge in [0.1, 0.15) is 0 Å². The van der Waals surface area contributed by atoms with Crippen LogP contribution >= 0.6 is 0 Å². The fourth-order valence-corrected chi connectivity index (χ4v) is 4.38. The number of hydrogen-bond donors (Lipinski definition) is 0. The maximum Gasteiger partial charge on any atom is 0.0932 e. The minimum atomic E-state index is -0.316. The van der Waals surface area contributed by atoms with Gasteiger partial charge in [-0.15, -0.1) is 0 Å². The Labute approximate surface area is 177 Å². The number of ether oxygens (including phenoxy) is 1. The summed E-state index contributed by atoms with van der Waals surface area (Å²) in [4.78, 5) is 0. The zero-order chi connectivity index (χ0) is 20.1. The Morgan fingerprint density at radius 1 is 0.536 bits per heavy atom. The molecule has 1 saturated carbocycles. The van der Waals surface area contributed by atoms with E-state index < -0.39 is 0 Å². The van der Waals surface area contributed by atoms with Gasteiger partial charge in [-0.2, -0.15) is 0 Å². The first-order chi connectivity index (χ1) is 13.8. The van der Waals surface area contributed by atoms with Crippen LogP contribution in [0, 0.1) is 6.92 Å². The highest BCUT2D eigenvalue weighted by Crippen LogP contribution is 2.21. The van der Waals surface area contributed by atoms with Crippen LogP contribution in [0.5, 0.6) is 0 Å². The molecule has 0 spiro atoms. The van der Waals surface area contributed by atoms with Gasteiger partial charge >= 0.3 is 0 Å². The summed E-state index contributed by atoms with van der Waals surface area (Å²) in [5.74, 6) is 0. The van der Waals surface area contributed by atoms with E-state index in [4.69, 9.17) is 4.74 Å². The minimum Gasteiger partial charge on any atom is -0.378 e. The van der Waals surface area contributed by atoms with E-state index in [1.807, 2.05) is 0 Å². The van der Waals surface area contributed by atoms with Crippen LogP contribution in [-0.4, -0.2) is 18.8 Å². The van der Waals surface area contributed by atoms with Gasteiger partial charge in [-0.25, -0.2) is 5.11 Å². The van der Waals surface area contributed by atoms with Crippen LogP contribution in [-0.2, 0) is 9.84 Å². The topological polar surface area (TPSA) is 29.1 Å². The molecule has 0 aromatic carbocycles. The first-order valence-electron chi connectivity index (χ1n) is 12.9. The summed E-state index contributed by atoms with van der Waals surface area (Å²) in [7, 11) is 0. The molecule has 1 fully saturated rings. The summed E-state index contributed by atoms with van der Waals surface area (Å²) in [5, 5.41) is 11.3. The van der Waals surface area contributed by atoms with Crippen molar-refractivity contribution in [3.05, 3.63) is 6.92 Å². The standard InChI is InChI=1S/C26H50O2/c1-2-3-4-5-6-7-8-9-10-11-12-13-14-15-16-17-18-19-24-28-26-22-20-25(27)21-23-26/h25-26H,1-24H2.